The summed E-state index contributed by atoms with van der Waals surface area (Å²) >= 11 is 0. The lowest BCUT2D eigenvalue weighted by atomic mass is 10.1. The van der Waals surface area contributed by atoms with Crippen LogP contribution in [0.3, 0.4) is 0 Å². The third kappa shape index (κ3) is 3.32. The number of aromatic nitrogens is 5. The van der Waals surface area contributed by atoms with Gasteiger partial charge < -0.3 is 20.1 Å². The van der Waals surface area contributed by atoms with Crippen LogP contribution in [-0.4, -0.2) is 42.0 Å². The Morgan fingerprint density at radius 3 is 2.75 bits per heavy atom. The van der Waals surface area contributed by atoms with E-state index >= 15 is 0 Å². The Hall–Kier alpha value is -2.97. The summed E-state index contributed by atoms with van der Waals surface area (Å²) in [4.78, 5) is 9.25. The lowest BCUT2D eigenvalue weighted by molar-refractivity contribution is 0.0582. The summed E-state index contributed by atoms with van der Waals surface area (Å²) in [6.07, 6.45) is 3.60. The molecule has 28 heavy (non-hydrogen) atoms. The van der Waals surface area contributed by atoms with Gasteiger partial charge in [-0.1, -0.05) is 12.1 Å². The van der Waals surface area contributed by atoms with Gasteiger partial charge in [0.1, 0.15) is 17.9 Å². The molecule has 0 spiro atoms. The Balaban J connectivity index is 1.97. The first kappa shape index (κ1) is 18.4. The fourth-order valence-corrected chi connectivity index (χ4v) is 3.41. The number of nitrogens with one attached hydrogen (secondary N) is 1. The molecule has 8 heteroatoms. The number of nitrogens with two attached hydrogens (primary N) is 1. The minimum atomic E-state index is -0.921. The van der Waals surface area contributed by atoms with Crippen molar-refractivity contribution >= 4 is 27.8 Å². The number of anilines is 1. The molecular weight excluding hydrogens is 356 g/mol. The lowest BCUT2D eigenvalue weighted by Crippen LogP contribution is -2.27. The summed E-state index contributed by atoms with van der Waals surface area (Å²) in [5, 5.41) is 18.2. The molecule has 0 saturated carbocycles. The summed E-state index contributed by atoms with van der Waals surface area (Å²) in [5.74, 6) is 1.08. The highest BCUT2D eigenvalue weighted by Crippen LogP contribution is 2.32. The van der Waals surface area contributed by atoms with Gasteiger partial charge in [-0.15, -0.1) is 0 Å². The molecule has 0 radical (unpaired) electrons. The monoisotopic (exact) mass is 380 g/mol. The molecule has 0 bridgehead atoms. The van der Waals surface area contributed by atoms with Crippen molar-refractivity contribution in [1.82, 2.24) is 24.7 Å². The van der Waals surface area contributed by atoms with Crippen LogP contribution in [0.5, 0.6) is 0 Å². The van der Waals surface area contributed by atoms with Gasteiger partial charge in [0.05, 0.1) is 29.4 Å². The van der Waals surface area contributed by atoms with E-state index in [0.717, 1.165) is 33.4 Å². The molecule has 146 valence electrons. The fraction of sp³-hybridized carbons (Fsp3) is 0.350. The topological polar surface area (TPSA) is 115 Å². The number of aromatic amines is 1. The predicted molar refractivity (Wildman–Crippen MR) is 109 cm³/mol. The highest BCUT2D eigenvalue weighted by Gasteiger charge is 2.22. The van der Waals surface area contributed by atoms with Crippen LogP contribution < -0.4 is 5.73 Å². The van der Waals surface area contributed by atoms with Gasteiger partial charge >= 0.3 is 0 Å². The van der Waals surface area contributed by atoms with E-state index in [4.69, 9.17) is 10.5 Å². The minimum absolute atomic E-state index is 0.343. The molecule has 4 rings (SSSR count). The minimum Gasteiger partial charge on any atom is -0.389 e. The molecule has 0 saturated heterocycles. The maximum absolute atomic E-state index is 10.5. The highest BCUT2D eigenvalue weighted by atomic mass is 16.5. The van der Waals surface area contributed by atoms with Crippen LogP contribution in [0.15, 0.2) is 30.6 Å². The van der Waals surface area contributed by atoms with Gasteiger partial charge in [-0.2, -0.15) is 5.10 Å². The summed E-state index contributed by atoms with van der Waals surface area (Å²) in [6.45, 7) is 6.77. The van der Waals surface area contributed by atoms with Crippen molar-refractivity contribution in [2.45, 2.75) is 39.5 Å². The van der Waals surface area contributed by atoms with Gasteiger partial charge in [-0.25, -0.2) is 9.97 Å². The van der Waals surface area contributed by atoms with Crippen molar-refractivity contribution in [3.63, 3.8) is 0 Å². The third-order valence-corrected chi connectivity index (χ3v) is 4.59. The summed E-state index contributed by atoms with van der Waals surface area (Å²) in [6, 6.07) is 6.02. The number of rotatable bonds is 6. The largest absolute Gasteiger partial charge is 0.389 e. The van der Waals surface area contributed by atoms with Gasteiger partial charge in [-0.05, 0) is 32.4 Å². The van der Waals surface area contributed by atoms with E-state index in [9.17, 15) is 5.11 Å². The van der Waals surface area contributed by atoms with Crippen LogP contribution in [0.2, 0.25) is 0 Å². The van der Waals surface area contributed by atoms with E-state index in [-0.39, 0.29) is 0 Å². The van der Waals surface area contributed by atoms with Gasteiger partial charge in [0.15, 0.2) is 5.82 Å². The molecular formula is C20H24N6O2. The number of ether oxygens (including phenoxy) is 1. The molecule has 3 heterocycles. The van der Waals surface area contributed by atoms with Crippen molar-refractivity contribution in [1.29, 1.82) is 0 Å². The molecule has 0 aliphatic heterocycles. The molecule has 0 unspecified atom stereocenters. The fourth-order valence-electron chi connectivity index (χ4n) is 3.41. The van der Waals surface area contributed by atoms with Crippen LogP contribution in [0.1, 0.15) is 26.6 Å². The van der Waals surface area contributed by atoms with Crippen LogP contribution in [0.25, 0.3) is 33.1 Å². The zero-order valence-corrected chi connectivity index (χ0v) is 16.2. The van der Waals surface area contributed by atoms with Gasteiger partial charge in [0.25, 0.3) is 0 Å². The first-order chi connectivity index (χ1) is 13.4. The average molecular weight is 380 g/mol. The number of benzene rings is 1. The van der Waals surface area contributed by atoms with Gasteiger partial charge in [0.2, 0.25) is 0 Å². The first-order valence-electron chi connectivity index (χ1n) is 9.25. The van der Waals surface area contributed by atoms with Crippen LogP contribution in [0.4, 0.5) is 5.82 Å². The third-order valence-electron chi connectivity index (χ3n) is 4.59. The second kappa shape index (κ2) is 6.88. The normalized spacial score (nSPS) is 12.3. The molecule has 4 N–H and O–H groups in total. The van der Waals surface area contributed by atoms with Crippen LogP contribution in [-0.2, 0) is 17.9 Å². The zero-order chi connectivity index (χ0) is 19.9. The summed E-state index contributed by atoms with van der Waals surface area (Å²) < 4.78 is 7.58. The second-order valence-electron chi connectivity index (χ2n) is 7.48. The number of hydrogen-bond donors (Lipinski definition) is 3. The average Bonchev–Trinajstić information content (AvgIpc) is 3.27. The van der Waals surface area contributed by atoms with Gasteiger partial charge in [-0.3, -0.25) is 5.10 Å². The number of fused-ring (bicyclic) bond motifs is 3. The van der Waals surface area contributed by atoms with E-state index < -0.39 is 5.60 Å². The molecule has 0 atom stereocenters. The van der Waals surface area contributed by atoms with Crippen LogP contribution in [0, 0.1) is 0 Å². The molecule has 0 amide bonds. The maximum Gasteiger partial charge on any atom is 0.152 e. The van der Waals surface area contributed by atoms with E-state index in [2.05, 4.69) is 20.2 Å². The van der Waals surface area contributed by atoms with E-state index in [1.807, 2.05) is 35.9 Å². The van der Waals surface area contributed by atoms with Crippen molar-refractivity contribution < 1.29 is 9.84 Å². The van der Waals surface area contributed by atoms with E-state index in [1.165, 1.54) is 0 Å². The standard InChI is InChI=1S/C20H24N6O2/c1-4-28-10-16-25-17-18(26(16)11-20(2,3)27)14-6-5-12(13-8-22-23-9-13)7-15(14)24-19(17)21/h5-9,27H,4,10-11H2,1-3H3,(H2,21,24)(H,22,23). The first-order valence-corrected chi connectivity index (χ1v) is 9.25. The number of H-pyrrole nitrogens is 1. The Morgan fingerprint density at radius 2 is 2.07 bits per heavy atom. The molecule has 1 aromatic carbocycles. The van der Waals surface area contributed by atoms with E-state index in [0.29, 0.717) is 31.1 Å². The van der Waals surface area contributed by atoms with Crippen LogP contribution >= 0.6 is 0 Å². The SMILES string of the molecule is CCOCc1nc2c(N)nc3cc(-c4cn[nH]c4)ccc3c2n1CC(C)(C)O. The molecule has 0 aliphatic rings. The highest BCUT2D eigenvalue weighted by molar-refractivity contribution is 6.07. The van der Waals surface area contributed by atoms with E-state index in [1.54, 1.807) is 20.0 Å². The number of nitrogens with zero attached hydrogens (tertiary/aromatic N) is 4. The predicted octanol–water partition coefficient (Wildman–Crippen LogP) is 2.86. The Kier molecular flexibility index (Phi) is 4.52. The number of imidazole rings is 1. The van der Waals surface area contributed by atoms with Crippen molar-refractivity contribution in [2.75, 3.05) is 12.3 Å². The summed E-state index contributed by atoms with van der Waals surface area (Å²) in [5.41, 5.74) is 9.56. The Bertz CT molecular complexity index is 1130. The Labute approximate surface area is 162 Å². The molecule has 3 aromatic heterocycles. The van der Waals surface area contributed by atoms with Crippen molar-refractivity contribution in [2.24, 2.45) is 0 Å². The number of hydrogen-bond acceptors (Lipinski definition) is 6. The Morgan fingerprint density at radius 1 is 1.25 bits per heavy atom. The summed E-state index contributed by atoms with van der Waals surface area (Å²) in [7, 11) is 0. The van der Waals surface area contributed by atoms with Gasteiger partial charge in [0, 0.05) is 23.8 Å². The molecule has 0 fully saturated rings. The molecule has 0 aliphatic carbocycles. The maximum atomic E-state index is 10.5. The zero-order valence-electron chi connectivity index (χ0n) is 16.2. The van der Waals surface area contributed by atoms with Crippen molar-refractivity contribution in [3.8, 4) is 11.1 Å². The van der Waals surface area contributed by atoms with Crippen molar-refractivity contribution in [3.05, 3.63) is 36.4 Å². The number of aliphatic hydroxyl groups is 1. The smallest absolute Gasteiger partial charge is 0.152 e. The lowest BCUT2D eigenvalue weighted by Gasteiger charge is -2.20. The molecule has 8 nitrogen and oxygen atoms in total. The quantitative estimate of drug-likeness (QED) is 0.474. The number of pyridine rings is 1. The molecule has 4 aromatic rings. The second-order valence-corrected chi connectivity index (χ2v) is 7.48. The number of nitrogen functional groups attached to an aromatic ring is 1.